The number of H-pyrrole nitrogens is 1. The molecule has 0 radical (unpaired) electrons. The Morgan fingerprint density at radius 2 is 2.00 bits per heavy atom. The van der Waals surface area contributed by atoms with Crippen molar-refractivity contribution in [1.29, 1.82) is 0 Å². The molecule has 1 aromatic carbocycles. The van der Waals surface area contributed by atoms with Gasteiger partial charge in [-0.25, -0.2) is 9.18 Å². The number of ether oxygens (including phenoxy) is 2. The number of Topliss-reactive ketones (excluding diaryl/α,β-unsaturated/α-hetero) is 1. The van der Waals surface area contributed by atoms with Crippen molar-refractivity contribution in [1.82, 2.24) is 4.98 Å². The van der Waals surface area contributed by atoms with Crippen LogP contribution in [-0.2, 0) is 4.74 Å². The Morgan fingerprint density at radius 1 is 1.32 bits per heavy atom. The fourth-order valence-corrected chi connectivity index (χ4v) is 2.72. The van der Waals surface area contributed by atoms with Crippen LogP contribution in [0, 0.1) is 19.7 Å². The van der Waals surface area contributed by atoms with Gasteiger partial charge in [-0.3, -0.25) is 4.79 Å². The van der Waals surface area contributed by atoms with E-state index in [0.29, 0.717) is 16.8 Å². The Bertz CT molecular complexity index is 810. The maximum Gasteiger partial charge on any atom is 0.355 e. The number of rotatable bonds is 6. The average molecular weight is 349 g/mol. The van der Waals surface area contributed by atoms with Gasteiger partial charge in [0.25, 0.3) is 0 Å². The van der Waals surface area contributed by atoms with Gasteiger partial charge in [0.05, 0.1) is 13.2 Å². The number of hydrogen-bond donors (Lipinski definition) is 2. The minimum atomic E-state index is -0.735. The van der Waals surface area contributed by atoms with Crippen molar-refractivity contribution in [3.8, 4) is 5.75 Å². The number of aromatic nitrogens is 1. The van der Waals surface area contributed by atoms with E-state index >= 15 is 0 Å². The van der Waals surface area contributed by atoms with E-state index in [2.05, 4.69) is 4.98 Å². The van der Waals surface area contributed by atoms with Gasteiger partial charge in [0.1, 0.15) is 5.69 Å². The smallest absolute Gasteiger partial charge is 0.355 e. The number of ketones is 1. The fourth-order valence-electron chi connectivity index (χ4n) is 2.72. The summed E-state index contributed by atoms with van der Waals surface area (Å²) >= 11 is 0. The molecule has 1 aromatic heterocycles. The van der Waals surface area contributed by atoms with Gasteiger partial charge in [-0.15, -0.1) is 0 Å². The lowest BCUT2D eigenvalue weighted by molar-refractivity contribution is 0.0468. The van der Waals surface area contributed by atoms with E-state index in [-0.39, 0.29) is 17.0 Å². The molecule has 7 heteroatoms. The number of aliphatic hydroxyl groups excluding tert-OH is 1. The molecule has 2 N–H and O–H groups in total. The van der Waals surface area contributed by atoms with Crippen molar-refractivity contribution in [2.75, 3.05) is 13.7 Å². The highest BCUT2D eigenvalue weighted by atomic mass is 19.1. The van der Waals surface area contributed by atoms with Crippen LogP contribution < -0.4 is 4.74 Å². The zero-order valence-corrected chi connectivity index (χ0v) is 14.5. The molecule has 1 atom stereocenters. The molecular weight excluding hydrogens is 329 g/mol. The molecule has 1 heterocycles. The zero-order chi connectivity index (χ0) is 18.7. The number of esters is 1. The highest BCUT2D eigenvalue weighted by Gasteiger charge is 2.22. The van der Waals surface area contributed by atoms with Crippen molar-refractivity contribution in [3.63, 3.8) is 0 Å². The Balaban J connectivity index is 2.08. The number of hydrogen-bond acceptors (Lipinski definition) is 5. The molecule has 0 saturated heterocycles. The molecule has 2 aromatic rings. The number of nitrogens with one attached hydrogen (secondary N) is 1. The number of aliphatic hydroxyl groups is 1. The third-order valence-corrected chi connectivity index (χ3v) is 3.93. The predicted octanol–water partition coefficient (Wildman–Crippen LogP) is 2.87. The van der Waals surface area contributed by atoms with Gasteiger partial charge in [0.2, 0.25) is 0 Å². The van der Waals surface area contributed by atoms with Crippen LogP contribution in [0.25, 0.3) is 0 Å². The standard InChI is InChI=1S/C18H20FNO5/c1-9-16(11(3)21)10(2)20-17(9)18(23)25-8-14(22)12-5-6-15(24-4)13(19)7-12/h5-7,11,20-21H,8H2,1-4H3/t11-/m0/s1. The van der Waals surface area contributed by atoms with Gasteiger partial charge in [-0.05, 0) is 44.5 Å². The van der Waals surface area contributed by atoms with Gasteiger partial charge >= 0.3 is 5.97 Å². The van der Waals surface area contributed by atoms with Crippen LogP contribution in [0.2, 0.25) is 0 Å². The molecule has 0 amide bonds. The van der Waals surface area contributed by atoms with Crippen LogP contribution in [0.5, 0.6) is 5.75 Å². The maximum absolute atomic E-state index is 13.6. The Kier molecular flexibility index (Phi) is 5.58. The van der Waals surface area contributed by atoms with E-state index in [4.69, 9.17) is 9.47 Å². The number of aryl methyl sites for hydroxylation is 1. The number of halogens is 1. The van der Waals surface area contributed by atoms with E-state index in [1.165, 1.54) is 19.2 Å². The van der Waals surface area contributed by atoms with Crippen molar-refractivity contribution in [3.05, 3.63) is 52.1 Å². The van der Waals surface area contributed by atoms with E-state index < -0.39 is 30.3 Å². The van der Waals surface area contributed by atoms with E-state index in [1.807, 2.05) is 0 Å². The third kappa shape index (κ3) is 3.88. The Morgan fingerprint density at radius 3 is 2.52 bits per heavy atom. The first kappa shape index (κ1) is 18.7. The molecule has 0 bridgehead atoms. The third-order valence-electron chi connectivity index (χ3n) is 3.93. The molecule has 0 unspecified atom stereocenters. The molecule has 0 aliphatic carbocycles. The summed E-state index contributed by atoms with van der Waals surface area (Å²) in [6, 6.07) is 3.76. The average Bonchev–Trinajstić information content (AvgIpc) is 2.86. The molecule has 6 nitrogen and oxygen atoms in total. The number of carbonyl (C=O) groups excluding carboxylic acids is 2. The predicted molar refractivity (Wildman–Crippen MR) is 88.5 cm³/mol. The molecule has 25 heavy (non-hydrogen) atoms. The molecule has 0 aliphatic rings. The number of carbonyl (C=O) groups is 2. The first-order valence-electron chi connectivity index (χ1n) is 7.67. The lowest BCUT2D eigenvalue weighted by Gasteiger charge is -2.07. The summed E-state index contributed by atoms with van der Waals surface area (Å²) < 4.78 is 23.4. The fraction of sp³-hybridized carbons (Fsp3) is 0.333. The number of aromatic amines is 1. The number of benzene rings is 1. The molecule has 2 rings (SSSR count). The van der Waals surface area contributed by atoms with E-state index in [1.54, 1.807) is 20.8 Å². The Hall–Kier alpha value is -2.67. The summed E-state index contributed by atoms with van der Waals surface area (Å²) in [5, 5.41) is 9.74. The van der Waals surface area contributed by atoms with Crippen molar-refractivity contribution < 1.29 is 28.6 Å². The summed E-state index contributed by atoms with van der Waals surface area (Å²) in [4.78, 5) is 27.1. The summed E-state index contributed by atoms with van der Waals surface area (Å²) in [6.07, 6.45) is -0.735. The minimum absolute atomic E-state index is 0.0247. The topological polar surface area (TPSA) is 88.6 Å². The first-order chi connectivity index (χ1) is 11.8. The summed E-state index contributed by atoms with van der Waals surface area (Å²) in [5.41, 5.74) is 2.11. The van der Waals surface area contributed by atoms with Gasteiger partial charge in [0, 0.05) is 16.8 Å². The number of methoxy groups -OCH3 is 1. The van der Waals surface area contributed by atoms with Crippen molar-refractivity contribution in [2.24, 2.45) is 0 Å². The van der Waals surface area contributed by atoms with Crippen LogP contribution in [0.1, 0.15) is 50.7 Å². The second-order valence-electron chi connectivity index (χ2n) is 5.69. The molecule has 0 spiro atoms. The normalized spacial score (nSPS) is 11.9. The highest BCUT2D eigenvalue weighted by molar-refractivity contribution is 5.99. The summed E-state index contributed by atoms with van der Waals surface area (Å²) in [7, 11) is 1.32. The largest absolute Gasteiger partial charge is 0.494 e. The molecule has 134 valence electrons. The zero-order valence-electron chi connectivity index (χ0n) is 14.5. The van der Waals surface area contributed by atoms with Crippen LogP contribution in [0.4, 0.5) is 4.39 Å². The first-order valence-corrected chi connectivity index (χ1v) is 7.67. The van der Waals surface area contributed by atoms with Crippen LogP contribution in [-0.4, -0.2) is 35.6 Å². The maximum atomic E-state index is 13.6. The summed E-state index contributed by atoms with van der Waals surface area (Å²) in [5.74, 6) is -1.89. The molecular formula is C18H20FNO5. The molecule has 0 saturated carbocycles. The van der Waals surface area contributed by atoms with Gasteiger partial charge in [0.15, 0.2) is 24.0 Å². The van der Waals surface area contributed by atoms with Crippen LogP contribution in [0.15, 0.2) is 18.2 Å². The van der Waals surface area contributed by atoms with E-state index in [9.17, 15) is 19.1 Å². The van der Waals surface area contributed by atoms with Crippen LogP contribution in [0.3, 0.4) is 0 Å². The minimum Gasteiger partial charge on any atom is -0.494 e. The van der Waals surface area contributed by atoms with Crippen molar-refractivity contribution in [2.45, 2.75) is 26.9 Å². The van der Waals surface area contributed by atoms with Crippen molar-refractivity contribution >= 4 is 11.8 Å². The highest BCUT2D eigenvalue weighted by Crippen LogP contribution is 2.25. The van der Waals surface area contributed by atoms with Gasteiger partial charge in [-0.2, -0.15) is 0 Å². The second kappa shape index (κ2) is 7.48. The SMILES string of the molecule is COc1ccc(C(=O)COC(=O)c2[nH]c(C)c([C@H](C)O)c2C)cc1F. The van der Waals surface area contributed by atoms with Gasteiger partial charge < -0.3 is 19.6 Å². The van der Waals surface area contributed by atoms with Gasteiger partial charge in [-0.1, -0.05) is 0 Å². The van der Waals surface area contributed by atoms with Crippen LogP contribution >= 0.6 is 0 Å². The second-order valence-corrected chi connectivity index (χ2v) is 5.69. The quantitative estimate of drug-likeness (QED) is 0.618. The monoisotopic (exact) mass is 349 g/mol. The molecule has 0 fully saturated rings. The van der Waals surface area contributed by atoms with E-state index in [0.717, 1.165) is 6.07 Å². The Labute approximate surface area is 144 Å². The summed E-state index contributed by atoms with van der Waals surface area (Å²) in [6.45, 7) is 4.49. The molecule has 0 aliphatic heterocycles. The lowest BCUT2D eigenvalue weighted by atomic mass is 10.1. The lowest BCUT2D eigenvalue weighted by Crippen LogP contribution is -2.15.